The minimum absolute atomic E-state index is 0.556. The molecule has 0 heterocycles. The quantitative estimate of drug-likeness (QED) is 0.471. The highest BCUT2D eigenvalue weighted by Gasteiger charge is 1.80. The maximum Gasteiger partial charge on any atom is -0.0536 e. The summed E-state index contributed by atoms with van der Waals surface area (Å²) in [6.45, 7) is 2.14. The van der Waals surface area contributed by atoms with Crippen molar-refractivity contribution in [3.8, 4) is 0 Å². The third-order valence-electron chi connectivity index (χ3n) is 1.18. The normalized spacial score (nSPS) is 10.4. The van der Waals surface area contributed by atoms with E-state index in [1.807, 2.05) is 0 Å². The smallest absolute Gasteiger partial charge is 0.0536 e. The van der Waals surface area contributed by atoms with Crippen LogP contribution >= 0.6 is 0 Å². The summed E-state index contributed by atoms with van der Waals surface area (Å²) in [5.74, 6) is 0.556. The molecular formula is C6H14NOS-. The van der Waals surface area contributed by atoms with Crippen LogP contribution in [0, 0.1) is 4.78 Å². The van der Waals surface area contributed by atoms with Crippen LogP contribution in [0.2, 0.25) is 0 Å². The van der Waals surface area contributed by atoms with Crippen LogP contribution in [-0.4, -0.2) is 5.75 Å². The van der Waals surface area contributed by atoms with E-state index in [1.165, 1.54) is 12.8 Å². The first-order chi connectivity index (χ1) is 4.27. The van der Waals surface area contributed by atoms with Crippen LogP contribution in [0.25, 0.3) is 0 Å². The van der Waals surface area contributed by atoms with E-state index >= 15 is 0 Å². The lowest BCUT2D eigenvalue weighted by Crippen LogP contribution is -1.84. The first-order valence-corrected chi connectivity index (χ1v) is 4.69. The molecule has 0 aliphatic heterocycles. The molecule has 0 aliphatic rings. The first-order valence-electron chi connectivity index (χ1n) is 3.37. The van der Waals surface area contributed by atoms with Gasteiger partial charge in [0.05, 0.1) is 0 Å². The van der Waals surface area contributed by atoms with Crippen LogP contribution in [0.15, 0.2) is 0 Å². The maximum absolute atomic E-state index is 10.2. The van der Waals surface area contributed by atoms with Gasteiger partial charge in [-0.25, -0.2) is 0 Å². The van der Waals surface area contributed by atoms with Crippen molar-refractivity contribution in [2.45, 2.75) is 32.6 Å². The molecule has 0 aromatic heterocycles. The third kappa shape index (κ3) is 7.95. The van der Waals surface area contributed by atoms with Crippen molar-refractivity contribution in [2.24, 2.45) is 0 Å². The molecule has 0 amide bonds. The van der Waals surface area contributed by atoms with Crippen molar-refractivity contribution in [2.75, 3.05) is 5.75 Å². The highest BCUT2D eigenvalue weighted by molar-refractivity contribution is 7.73. The molecule has 0 aliphatic carbocycles. The van der Waals surface area contributed by atoms with Crippen molar-refractivity contribution in [3.05, 3.63) is 0 Å². The van der Waals surface area contributed by atoms with Gasteiger partial charge in [-0.15, -0.1) is 0 Å². The van der Waals surface area contributed by atoms with Crippen molar-refractivity contribution >= 4 is 10.6 Å². The molecule has 0 atom stereocenters. The largest absolute Gasteiger partial charge is 0.445 e. The molecule has 9 heavy (non-hydrogen) atoms. The van der Waals surface area contributed by atoms with Gasteiger partial charge in [0, 0.05) is 0 Å². The first kappa shape index (κ1) is 8.95. The maximum atomic E-state index is 10.2. The van der Waals surface area contributed by atoms with Crippen molar-refractivity contribution < 1.29 is 4.21 Å². The zero-order valence-corrected chi connectivity index (χ0v) is 6.67. The van der Waals surface area contributed by atoms with E-state index < -0.39 is 10.6 Å². The molecule has 0 aromatic rings. The summed E-state index contributed by atoms with van der Waals surface area (Å²) in [6, 6.07) is 0. The van der Waals surface area contributed by atoms with Crippen LogP contribution < -0.4 is 0 Å². The zero-order chi connectivity index (χ0) is 7.11. The minimum Gasteiger partial charge on any atom is -0.445 e. The third-order valence-corrected chi connectivity index (χ3v) is 1.84. The molecule has 56 valence electrons. The molecule has 0 fully saturated rings. The SMILES string of the molecule is CCCCCC[S-](=N)=O. The van der Waals surface area contributed by atoms with E-state index in [0.717, 1.165) is 12.8 Å². The van der Waals surface area contributed by atoms with E-state index in [4.69, 9.17) is 4.78 Å². The molecule has 0 aromatic carbocycles. The predicted octanol–water partition coefficient (Wildman–Crippen LogP) is 2.29. The fourth-order valence-corrected chi connectivity index (χ4v) is 1.13. The standard InChI is InChI=1S/C6H14NOS/c1-2-3-4-5-6-9(7)8/h7H,2-6H2,1H3/q-1. The summed E-state index contributed by atoms with van der Waals surface area (Å²) in [4.78, 5) is 0. The second-order valence-corrected chi connectivity index (χ2v) is 3.21. The van der Waals surface area contributed by atoms with Gasteiger partial charge in [0.25, 0.3) is 0 Å². The zero-order valence-electron chi connectivity index (χ0n) is 5.85. The Kier molecular flexibility index (Phi) is 6.04. The fourth-order valence-electron chi connectivity index (χ4n) is 0.660. The van der Waals surface area contributed by atoms with Gasteiger partial charge in [0.15, 0.2) is 0 Å². The van der Waals surface area contributed by atoms with Crippen LogP contribution in [0.5, 0.6) is 0 Å². The molecule has 0 rings (SSSR count). The summed E-state index contributed by atoms with van der Waals surface area (Å²) in [5.41, 5.74) is 0. The Labute approximate surface area is 58.7 Å². The number of hydrogen-bond donors (Lipinski definition) is 1. The van der Waals surface area contributed by atoms with E-state index in [9.17, 15) is 4.21 Å². The molecule has 0 bridgehead atoms. The summed E-state index contributed by atoms with van der Waals surface area (Å²) in [5, 5.41) is 0. The molecular weight excluding hydrogens is 134 g/mol. The fraction of sp³-hybridized carbons (Fsp3) is 1.00. The summed E-state index contributed by atoms with van der Waals surface area (Å²) in [6.07, 6.45) is 4.48. The molecule has 0 spiro atoms. The van der Waals surface area contributed by atoms with Crippen LogP contribution in [0.4, 0.5) is 0 Å². The van der Waals surface area contributed by atoms with Gasteiger partial charge in [0.1, 0.15) is 0 Å². The lowest BCUT2D eigenvalue weighted by Gasteiger charge is -1.98. The number of unbranched alkanes of at least 4 members (excludes halogenated alkanes) is 3. The Bertz CT molecular complexity index is 112. The van der Waals surface area contributed by atoms with Crippen molar-refractivity contribution in [1.29, 1.82) is 4.78 Å². The monoisotopic (exact) mass is 148 g/mol. The number of hydrogen-bond acceptors (Lipinski definition) is 3. The Morgan fingerprint density at radius 3 is 2.44 bits per heavy atom. The van der Waals surface area contributed by atoms with Crippen LogP contribution in [-0.2, 0) is 14.8 Å². The average Bonchev–Trinajstić information content (AvgIpc) is 1.80. The lowest BCUT2D eigenvalue weighted by molar-refractivity contribution is 0.595. The van der Waals surface area contributed by atoms with Gasteiger partial charge in [-0.1, -0.05) is 38.4 Å². The molecule has 0 saturated heterocycles. The van der Waals surface area contributed by atoms with Gasteiger partial charge < -0.3 is 8.99 Å². The molecule has 0 radical (unpaired) electrons. The average molecular weight is 148 g/mol. The molecule has 3 heteroatoms. The Morgan fingerprint density at radius 1 is 1.33 bits per heavy atom. The molecule has 0 unspecified atom stereocenters. The van der Waals surface area contributed by atoms with Crippen LogP contribution in [0.1, 0.15) is 32.6 Å². The van der Waals surface area contributed by atoms with Crippen molar-refractivity contribution in [1.82, 2.24) is 0 Å². The predicted molar refractivity (Wildman–Crippen MR) is 39.8 cm³/mol. The highest BCUT2D eigenvalue weighted by atomic mass is 32.2. The van der Waals surface area contributed by atoms with Gasteiger partial charge in [-0.05, 0) is 0 Å². The second kappa shape index (κ2) is 6.08. The van der Waals surface area contributed by atoms with Crippen LogP contribution in [0.3, 0.4) is 0 Å². The van der Waals surface area contributed by atoms with E-state index in [0.29, 0.717) is 5.75 Å². The van der Waals surface area contributed by atoms with Gasteiger partial charge in [-0.2, -0.15) is 10.6 Å². The number of rotatable bonds is 5. The Morgan fingerprint density at radius 2 is 2.00 bits per heavy atom. The summed E-state index contributed by atoms with van der Waals surface area (Å²) < 4.78 is 16.9. The van der Waals surface area contributed by atoms with Gasteiger partial charge >= 0.3 is 0 Å². The van der Waals surface area contributed by atoms with Gasteiger partial charge in [-0.3, -0.25) is 0 Å². The molecule has 1 N–H and O–H groups in total. The summed E-state index contributed by atoms with van der Waals surface area (Å²) in [7, 11) is -1.32. The van der Waals surface area contributed by atoms with Gasteiger partial charge in [0.2, 0.25) is 0 Å². The topological polar surface area (TPSA) is 40.9 Å². The van der Waals surface area contributed by atoms with Crippen molar-refractivity contribution in [3.63, 3.8) is 0 Å². The molecule has 0 saturated carbocycles. The lowest BCUT2D eigenvalue weighted by atomic mass is 10.2. The van der Waals surface area contributed by atoms with E-state index in [2.05, 4.69) is 6.92 Å². The Balaban J connectivity index is 2.92. The molecule has 2 nitrogen and oxygen atoms in total. The Hall–Kier alpha value is -0.0500. The summed E-state index contributed by atoms with van der Waals surface area (Å²) >= 11 is 0. The highest BCUT2D eigenvalue weighted by Crippen LogP contribution is 1.97. The minimum atomic E-state index is -1.32. The second-order valence-electron chi connectivity index (χ2n) is 2.11. The number of nitrogens with one attached hydrogen (secondary N) is 1. The van der Waals surface area contributed by atoms with E-state index in [1.54, 1.807) is 0 Å². The van der Waals surface area contributed by atoms with E-state index in [-0.39, 0.29) is 0 Å².